The minimum Gasteiger partial charge on any atom is -0.454 e. The van der Waals surface area contributed by atoms with E-state index in [1.165, 1.54) is 43.7 Å². The van der Waals surface area contributed by atoms with Crippen LogP contribution in [0.25, 0.3) is 6.08 Å². The van der Waals surface area contributed by atoms with Crippen molar-refractivity contribution in [3.8, 4) is 0 Å². The van der Waals surface area contributed by atoms with Crippen LogP contribution in [0, 0.1) is 13.8 Å². The number of aromatic nitrogens is 2. The van der Waals surface area contributed by atoms with Crippen molar-refractivity contribution in [1.82, 2.24) is 9.78 Å². The molecule has 1 aromatic heterocycles. The van der Waals surface area contributed by atoms with Crippen molar-refractivity contribution >= 4 is 29.4 Å². The lowest BCUT2D eigenvalue weighted by Gasteiger charge is -2.22. The molecule has 1 aliphatic carbocycles. The van der Waals surface area contributed by atoms with Gasteiger partial charge in [-0.2, -0.15) is 5.10 Å². The molecule has 0 atom stereocenters. The molecule has 0 amide bonds. The molecule has 0 spiro atoms. The van der Waals surface area contributed by atoms with Gasteiger partial charge in [-0.3, -0.25) is 9.48 Å². The monoisotopic (exact) mass is 490 g/mol. The molecule has 4 rings (SSSR count). The van der Waals surface area contributed by atoms with Crippen molar-refractivity contribution < 1.29 is 14.3 Å². The Morgan fingerprint density at radius 1 is 1.06 bits per heavy atom. The standard InChI is InChI=1S/C29H31ClN2O3/c1-20-26(21(2)32(31-20)18-25-10-6-7-11-27(25)30)16-17-29(34)35-19-28(33)24-14-12-23(13-15-24)22-8-4-3-5-9-22/h6-7,10-17,22H,3-5,8-9,18-19H2,1-2H3. The van der Waals surface area contributed by atoms with Crippen molar-refractivity contribution in [2.24, 2.45) is 0 Å². The maximum Gasteiger partial charge on any atom is 0.331 e. The number of halogens is 1. The number of carbonyl (C=O) groups is 2. The van der Waals surface area contributed by atoms with E-state index in [4.69, 9.17) is 16.3 Å². The molecule has 2 aromatic carbocycles. The molecule has 0 unspecified atom stereocenters. The van der Waals surface area contributed by atoms with Crippen molar-refractivity contribution in [2.45, 2.75) is 58.4 Å². The number of benzene rings is 2. The minimum absolute atomic E-state index is 0.207. The highest BCUT2D eigenvalue weighted by Gasteiger charge is 2.16. The Labute approximate surface area is 211 Å². The number of ketones is 1. The van der Waals surface area contributed by atoms with Crippen molar-refractivity contribution in [2.75, 3.05) is 6.61 Å². The Hall–Kier alpha value is -3.18. The van der Waals surface area contributed by atoms with Gasteiger partial charge in [0.2, 0.25) is 0 Å². The highest BCUT2D eigenvalue weighted by molar-refractivity contribution is 6.31. The van der Waals surface area contributed by atoms with Crippen LogP contribution < -0.4 is 0 Å². The van der Waals surface area contributed by atoms with E-state index in [0.29, 0.717) is 23.0 Å². The summed E-state index contributed by atoms with van der Waals surface area (Å²) in [6.07, 6.45) is 9.33. The average Bonchev–Trinajstić information content (AvgIpc) is 3.15. The van der Waals surface area contributed by atoms with Crippen LogP contribution in [0.5, 0.6) is 0 Å². The maximum absolute atomic E-state index is 12.5. The van der Waals surface area contributed by atoms with Gasteiger partial charge >= 0.3 is 5.97 Å². The van der Waals surface area contributed by atoms with E-state index in [9.17, 15) is 9.59 Å². The molecule has 1 fully saturated rings. The van der Waals surface area contributed by atoms with Gasteiger partial charge in [0.25, 0.3) is 0 Å². The molecule has 3 aromatic rings. The summed E-state index contributed by atoms with van der Waals surface area (Å²) < 4.78 is 7.07. The van der Waals surface area contributed by atoms with Gasteiger partial charge in [0.05, 0.1) is 12.2 Å². The van der Waals surface area contributed by atoms with Gasteiger partial charge in [-0.1, -0.05) is 73.3 Å². The smallest absolute Gasteiger partial charge is 0.331 e. The summed E-state index contributed by atoms with van der Waals surface area (Å²) in [7, 11) is 0. The number of rotatable bonds is 8. The zero-order valence-electron chi connectivity index (χ0n) is 20.3. The summed E-state index contributed by atoms with van der Waals surface area (Å²) in [5, 5.41) is 5.27. The molecule has 182 valence electrons. The molecule has 6 heteroatoms. The SMILES string of the molecule is Cc1nn(Cc2ccccc2Cl)c(C)c1C=CC(=O)OCC(=O)c1ccc(C2CCCCC2)cc1. The van der Waals surface area contributed by atoms with Gasteiger partial charge in [-0.15, -0.1) is 0 Å². The van der Waals surface area contributed by atoms with Crippen LogP contribution in [0.2, 0.25) is 5.02 Å². The predicted molar refractivity (Wildman–Crippen MR) is 139 cm³/mol. The average molecular weight is 491 g/mol. The molecule has 1 heterocycles. The zero-order valence-corrected chi connectivity index (χ0v) is 21.1. The van der Waals surface area contributed by atoms with Gasteiger partial charge in [-0.05, 0) is 55.9 Å². The van der Waals surface area contributed by atoms with E-state index < -0.39 is 5.97 Å². The van der Waals surface area contributed by atoms with Gasteiger partial charge in [0.15, 0.2) is 12.4 Å². The van der Waals surface area contributed by atoms with E-state index >= 15 is 0 Å². The molecule has 35 heavy (non-hydrogen) atoms. The molecule has 1 aliphatic rings. The number of carbonyl (C=O) groups excluding carboxylic acids is 2. The highest BCUT2D eigenvalue weighted by atomic mass is 35.5. The second-order valence-electron chi connectivity index (χ2n) is 9.15. The van der Waals surface area contributed by atoms with E-state index in [0.717, 1.165) is 22.5 Å². The molecule has 0 saturated heterocycles. The summed E-state index contributed by atoms with van der Waals surface area (Å²) in [4.78, 5) is 24.8. The lowest BCUT2D eigenvalue weighted by atomic mass is 9.84. The second-order valence-corrected chi connectivity index (χ2v) is 9.56. The predicted octanol–water partition coefficient (Wildman–Crippen LogP) is 6.69. The third kappa shape index (κ3) is 6.29. The zero-order chi connectivity index (χ0) is 24.8. The van der Waals surface area contributed by atoms with E-state index in [1.807, 2.05) is 67.1 Å². The maximum atomic E-state index is 12.5. The molecule has 0 aliphatic heterocycles. The Bertz CT molecular complexity index is 1220. The number of ether oxygens (including phenoxy) is 1. The van der Waals surface area contributed by atoms with Crippen LogP contribution in [0.15, 0.2) is 54.6 Å². The van der Waals surface area contributed by atoms with Crippen LogP contribution in [0.4, 0.5) is 0 Å². The summed E-state index contributed by atoms with van der Waals surface area (Å²) in [5.41, 5.74) is 5.39. The Morgan fingerprint density at radius 3 is 2.49 bits per heavy atom. The number of aryl methyl sites for hydroxylation is 1. The number of hydrogen-bond acceptors (Lipinski definition) is 4. The number of Topliss-reactive ketones (excluding diaryl/α,β-unsaturated/α-hetero) is 1. The lowest BCUT2D eigenvalue weighted by molar-refractivity contribution is -0.136. The Morgan fingerprint density at radius 2 is 1.77 bits per heavy atom. The molecule has 1 saturated carbocycles. The van der Waals surface area contributed by atoms with Crippen LogP contribution in [-0.2, 0) is 16.1 Å². The minimum atomic E-state index is -0.560. The van der Waals surface area contributed by atoms with Crippen molar-refractivity contribution in [1.29, 1.82) is 0 Å². The van der Waals surface area contributed by atoms with Gasteiger partial charge in [0.1, 0.15) is 0 Å². The first-order chi connectivity index (χ1) is 16.9. The molecule has 0 radical (unpaired) electrons. The van der Waals surface area contributed by atoms with E-state index in [2.05, 4.69) is 5.10 Å². The van der Waals surface area contributed by atoms with Crippen LogP contribution in [-0.4, -0.2) is 28.1 Å². The fourth-order valence-corrected chi connectivity index (χ4v) is 4.89. The number of nitrogens with zero attached hydrogens (tertiary/aromatic N) is 2. The third-order valence-electron chi connectivity index (χ3n) is 6.76. The van der Waals surface area contributed by atoms with Crippen molar-refractivity contribution in [3.63, 3.8) is 0 Å². The topological polar surface area (TPSA) is 61.2 Å². The number of hydrogen-bond donors (Lipinski definition) is 0. The van der Waals surface area contributed by atoms with Gasteiger partial charge in [0, 0.05) is 27.9 Å². The molecular weight excluding hydrogens is 460 g/mol. The summed E-state index contributed by atoms with van der Waals surface area (Å²) in [6.45, 7) is 4.10. The lowest BCUT2D eigenvalue weighted by Crippen LogP contribution is -2.13. The quantitative estimate of drug-likeness (QED) is 0.200. The van der Waals surface area contributed by atoms with Crippen LogP contribution in [0.3, 0.4) is 0 Å². The second kappa shape index (κ2) is 11.5. The highest BCUT2D eigenvalue weighted by Crippen LogP contribution is 2.32. The van der Waals surface area contributed by atoms with Crippen LogP contribution >= 0.6 is 11.6 Å². The molecule has 0 N–H and O–H groups in total. The van der Waals surface area contributed by atoms with E-state index in [-0.39, 0.29) is 12.4 Å². The van der Waals surface area contributed by atoms with E-state index in [1.54, 1.807) is 6.08 Å². The van der Waals surface area contributed by atoms with Crippen molar-refractivity contribution in [3.05, 3.63) is 93.3 Å². The Balaban J connectivity index is 1.32. The largest absolute Gasteiger partial charge is 0.454 e. The fraction of sp³-hybridized carbons (Fsp3) is 0.345. The van der Waals surface area contributed by atoms with Crippen LogP contribution in [0.1, 0.15) is 76.5 Å². The first-order valence-electron chi connectivity index (χ1n) is 12.2. The van der Waals surface area contributed by atoms with Gasteiger partial charge < -0.3 is 4.74 Å². The number of esters is 1. The first-order valence-corrected chi connectivity index (χ1v) is 12.6. The normalized spacial score (nSPS) is 14.4. The molecule has 0 bridgehead atoms. The Kier molecular flexibility index (Phi) is 8.19. The summed E-state index contributed by atoms with van der Waals surface area (Å²) in [6, 6.07) is 15.4. The summed E-state index contributed by atoms with van der Waals surface area (Å²) in [5.74, 6) is -0.173. The third-order valence-corrected chi connectivity index (χ3v) is 7.12. The fourth-order valence-electron chi connectivity index (χ4n) is 4.69. The molecule has 5 nitrogen and oxygen atoms in total. The van der Waals surface area contributed by atoms with Gasteiger partial charge in [-0.25, -0.2) is 4.79 Å². The summed E-state index contributed by atoms with van der Waals surface area (Å²) >= 11 is 6.28. The molecular formula is C29H31ClN2O3. The first kappa shape index (κ1) is 24.9.